The van der Waals surface area contributed by atoms with Crippen LogP contribution in [0.5, 0.6) is 11.5 Å². The molecule has 0 radical (unpaired) electrons. The molecule has 0 bridgehead atoms. The number of nitrogens with one attached hydrogen (secondary N) is 2. The van der Waals surface area contributed by atoms with Gasteiger partial charge in [-0.05, 0) is 137 Å². The number of carbonyl (C=O) groups excluding carboxylic acids is 2. The summed E-state index contributed by atoms with van der Waals surface area (Å²) in [5.41, 5.74) is 6.04. The normalized spacial score (nSPS) is 11.0. The average Bonchev–Trinajstić information content (AvgIpc) is 2.87. The van der Waals surface area contributed by atoms with E-state index < -0.39 is 5.91 Å². The molecule has 2 amide bonds. The zero-order chi connectivity index (χ0) is 28.7. The first-order valence-corrected chi connectivity index (χ1v) is 13.8. The molecule has 0 fully saturated rings. The lowest BCUT2D eigenvalue weighted by Crippen LogP contribution is -2.21. The molecule has 202 valence electrons. The van der Waals surface area contributed by atoms with Gasteiger partial charge in [0.2, 0.25) is 0 Å². The highest BCUT2D eigenvalue weighted by atomic mass is 79.9. The molecule has 0 atom stereocenters. The van der Waals surface area contributed by atoms with Crippen LogP contribution in [0.15, 0.2) is 57.0 Å². The molecule has 3 aromatic carbocycles. The van der Waals surface area contributed by atoms with Gasteiger partial charge >= 0.3 is 0 Å². The Hall–Kier alpha value is -3.61. The predicted molar refractivity (Wildman–Crippen MR) is 161 cm³/mol. The van der Waals surface area contributed by atoms with E-state index >= 15 is 0 Å². The Labute approximate surface area is 245 Å². The lowest BCUT2D eigenvalue weighted by molar-refractivity contribution is -0.118. The van der Waals surface area contributed by atoms with Gasteiger partial charge in [0.1, 0.15) is 11.6 Å². The van der Waals surface area contributed by atoms with E-state index in [1.807, 2.05) is 65.0 Å². The van der Waals surface area contributed by atoms with Crippen molar-refractivity contribution in [3.05, 3.63) is 84.8 Å². The highest BCUT2D eigenvalue weighted by Gasteiger charge is 2.16. The molecule has 0 spiro atoms. The van der Waals surface area contributed by atoms with Crippen molar-refractivity contribution in [1.29, 1.82) is 5.26 Å². The van der Waals surface area contributed by atoms with E-state index in [0.29, 0.717) is 39.5 Å². The monoisotopic (exact) mass is 653 g/mol. The van der Waals surface area contributed by atoms with Crippen molar-refractivity contribution in [2.75, 3.05) is 23.8 Å². The zero-order valence-corrected chi connectivity index (χ0v) is 25.5. The van der Waals surface area contributed by atoms with Gasteiger partial charge in [-0.3, -0.25) is 9.59 Å². The summed E-state index contributed by atoms with van der Waals surface area (Å²) in [6.07, 6.45) is 1.47. The Morgan fingerprint density at radius 1 is 0.897 bits per heavy atom. The maximum atomic E-state index is 12.8. The second kappa shape index (κ2) is 13.5. The smallest absolute Gasteiger partial charge is 0.266 e. The first-order valence-electron chi connectivity index (χ1n) is 12.2. The molecule has 9 heteroatoms. The second-order valence-corrected chi connectivity index (χ2v) is 10.6. The van der Waals surface area contributed by atoms with Gasteiger partial charge in [0.25, 0.3) is 11.8 Å². The fraction of sp³-hybridized carbons (Fsp3) is 0.233. The summed E-state index contributed by atoms with van der Waals surface area (Å²) in [6.45, 7) is 9.82. The molecule has 39 heavy (non-hydrogen) atoms. The molecular weight excluding hydrogens is 626 g/mol. The van der Waals surface area contributed by atoms with Crippen molar-refractivity contribution < 1.29 is 19.1 Å². The van der Waals surface area contributed by atoms with E-state index in [2.05, 4.69) is 42.5 Å². The van der Waals surface area contributed by atoms with Crippen LogP contribution in [0.25, 0.3) is 6.08 Å². The van der Waals surface area contributed by atoms with E-state index in [1.165, 1.54) is 6.08 Å². The molecule has 0 saturated heterocycles. The van der Waals surface area contributed by atoms with Crippen LogP contribution >= 0.6 is 31.9 Å². The molecule has 2 N–H and O–H groups in total. The number of nitrogens with zero attached hydrogens (tertiary/aromatic N) is 1. The van der Waals surface area contributed by atoms with Crippen molar-refractivity contribution in [3.63, 3.8) is 0 Å². The fourth-order valence-electron chi connectivity index (χ4n) is 3.61. The van der Waals surface area contributed by atoms with Crippen LogP contribution in [-0.4, -0.2) is 25.0 Å². The first kappa shape index (κ1) is 29.9. The van der Waals surface area contributed by atoms with Crippen LogP contribution in [-0.2, 0) is 9.59 Å². The standard InChI is InChI=1S/C30H29Br2N3O4/c1-6-38-27-14-21(12-22(15-33)30(37)34-23-8-7-17(2)18(3)9-23)13-25(32)29(27)39-16-28(36)35-26-11-20(5)19(4)10-24(26)31/h7-14H,6,16H2,1-5H3,(H,34,37)(H,35,36)/b22-12-. The maximum Gasteiger partial charge on any atom is 0.266 e. The summed E-state index contributed by atoms with van der Waals surface area (Å²) < 4.78 is 12.8. The molecule has 0 unspecified atom stereocenters. The SMILES string of the molecule is CCOc1cc(/C=C(/C#N)C(=O)Nc2ccc(C)c(C)c2)cc(Br)c1OCC(=O)Nc1cc(C)c(C)cc1Br. The summed E-state index contributed by atoms with van der Waals surface area (Å²) in [5.74, 6) is -0.164. The number of carbonyl (C=O) groups is 2. The van der Waals surface area contributed by atoms with Crippen LogP contribution in [0, 0.1) is 39.0 Å². The van der Waals surface area contributed by atoms with E-state index in [-0.39, 0.29) is 18.1 Å². The summed E-state index contributed by atoms with van der Waals surface area (Å²) >= 11 is 6.95. The van der Waals surface area contributed by atoms with Gasteiger partial charge in [0.15, 0.2) is 18.1 Å². The van der Waals surface area contributed by atoms with E-state index in [9.17, 15) is 14.9 Å². The number of amides is 2. The van der Waals surface area contributed by atoms with Crippen LogP contribution < -0.4 is 20.1 Å². The number of hydrogen-bond acceptors (Lipinski definition) is 5. The number of benzene rings is 3. The Morgan fingerprint density at radius 2 is 1.59 bits per heavy atom. The number of hydrogen-bond donors (Lipinski definition) is 2. The lowest BCUT2D eigenvalue weighted by Gasteiger charge is -2.15. The molecule has 0 aromatic heterocycles. The number of nitriles is 1. The highest BCUT2D eigenvalue weighted by Crippen LogP contribution is 2.38. The van der Waals surface area contributed by atoms with Crippen LogP contribution in [0.3, 0.4) is 0 Å². The van der Waals surface area contributed by atoms with Gasteiger partial charge in [0, 0.05) is 10.2 Å². The average molecular weight is 655 g/mol. The van der Waals surface area contributed by atoms with E-state index in [1.54, 1.807) is 18.2 Å². The van der Waals surface area contributed by atoms with Gasteiger partial charge in [-0.15, -0.1) is 0 Å². The molecule has 3 rings (SSSR count). The van der Waals surface area contributed by atoms with E-state index in [0.717, 1.165) is 26.7 Å². The number of ether oxygens (including phenoxy) is 2. The van der Waals surface area contributed by atoms with Crippen molar-refractivity contribution in [2.24, 2.45) is 0 Å². The third kappa shape index (κ3) is 7.94. The van der Waals surface area contributed by atoms with Crippen LogP contribution in [0.1, 0.15) is 34.7 Å². The predicted octanol–water partition coefficient (Wildman–Crippen LogP) is 7.41. The molecular formula is C30H29Br2N3O4. The van der Waals surface area contributed by atoms with Gasteiger partial charge in [-0.2, -0.15) is 5.26 Å². The fourth-order valence-corrected chi connectivity index (χ4v) is 4.74. The van der Waals surface area contributed by atoms with Crippen molar-refractivity contribution in [1.82, 2.24) is 0 Å². The Kier molecular flexibility index (Phi) is 10.3. The summed E-state index contributed by atoms with van der Waals surface area (Å²) in [6, 6.07) is 14.7. The summed E-state index contributed by atoms with van der Waals surface area (Å²) in [5, 5.41) is 15.3. The van der Waals surface area contributed by atoms with Crippen molar-refractivity contribution in [3.8, 4) is 17.6 Å². The minimum absolute atomic E-state index is 0.0745. The first-order chi connectivity index (χ1) is 18.5. The maximum absolute atomic E-state index is 12.8. The Balaban J connectivity index is 1.78. The van der Waals surface area contributed by atoms with Gasteiger partial charge in [-0.1, -0.05) is 6.07 Å². The van der Waals surface area contributed by atoms with Crippen LogP contribution in [0.4, 0.5) is 11.4 Å². The van der Waals surface area contributed by atoms with E-state index in [4.69, 9.17) is 9.47 Å². The largest absolute Gasteiger partial charge is 0.490 e. The minimum Gasteiger partial charge on any atom is -0.490 e. The molecule has 0 saturated carbocycles. The molecule has 3 aromatic rings. The number of rotatable bonds is 9. The minimum atomic E-state index is -0.524. The quantitative estimate of drug-likeness (QED) is 0.185. The van der Waals surface area contributed by atoms with Gasteiger partial charge in [-0.25, -0.2) is 0 Å². The second-order valence-electron chi connectivity index (χ2n) is 8.94. The number of anilines is 2. The summed E-state index contributed by atoms with van der Waals surface area (Å²) in [7, 11) is 0. The lowest BCUT2D eigenvalue weighted by atomic mass is 10.1. The molecule has 0 aliphatic carbocycles. The van der Waals surface area contributed by atoms with Gasteiger partial charge in [0.05, 0.1) is 16.8 Å². The van der Waals surface area contributed by atoms with Gasteiger partial charge < -0.3 is 20.1 Å². The molecule has 0 aliphatic rings. The third-order valence-corrected chi connectivity index (χ3v) is 7.22. The Bertz CT molecular complexity index is 1490. The summed E-state index contributed by atoms with van der Waals surface area (Å²) in [4.78, 5) is 25.4. The number of halogens is 2. The Morgan fingerprint density at radius 3 is 2.26 bits per heavy atom. The molecule has 7 nitrogen and oxygen atoms in total. The topological polar surface area (TPSA) is 100 Å². The number of aryl methyl sites for hydroxylation is 4. The van der Waals surface area contributed by atoms with Crippen molar-refractivity contribution >= 4 is 61.1 Å². The molecule has 0 heterocycles. The zero-order valence-electron chi connectivity index (χ0n) is 22.4. The van der Waals surface area contributed by atoms with Crippen molar-refractivity contribution in [2.45, 2.75) is 34.6 Å². The highest BCUT2D eigenvalue weighted by molar-refractivity contribution is 9.11. The van der Waals surface area contributed by atoms with Crippen LogP contribution in [0.2, 0.25) is 0 Å². The third-order valence-electron chi connectivity index (χ3n) is 5.98. The molecule has 0 aliphatic heterocycles.